The predicted molar refractivity (Wildman–Crippen MR) is 127 cm³/mol. The van der Waals surface area contributed by atoms with Gasteiger partial charge in [-0.05, 0) is 57.1 Å². The molecule has 8 nitrogen and oxygen atoms in total. The quantitative estimate of drug-likeness (QED) is 0.305. The molecule has 0 atom stereocenters. The molecule has 0 aromatic carbocycles. The van der Waals surface area contributed by atoms with E-state index in [0.717, 1.165) is 37.5 Å². The summed E-state index contributed by atoms with van der Waals surface area (Å²) in [6, 6.07) is 4.22. The number of likely N-dealkylation sites (tertiary alicyclic amines) is 1. The van der Waals surface area contributed by atoms with E-state index in [0.29, 0.717) is 38.0 Å². The van der Waals surface area contributed by atoms with E-state index in [9.17, 15) is 4.79 Å². The Morgan fingerprint density at radius 1 is 1.27 bits per heavy atom. The van der Waals surface area contributed by atoms with Gasteiger partial charge in [0.15, 0.2) is 5.96 Å². The largest absolute Gasteiger partial charge is 0.477 e. The molecule has 0 spiro atoms. The molecule has 1 saturated heterocycles. The molecule has 0 radical (unpaired) electrons. The lowest BCUT2D eigenvalue weighted by Crippen LogP contribution is -2.49. The van der Waals surface area contributed by atoms with Gasteiger partial charge in [0.25, 0.3) is 0 Å². The normalized spacial score (nSPS) is 17.1. The van der Waals surface area contributed by atoms with E-state index in [1.165, 1.54) is 12.8 Å². The fraction of sp³-hybridized carbons (Fsp3) is 0.667. The van der Waals surface area contributed by atoms with Gasteiger partial charge in [-0.2, -0.15) is 0 Å². The Bertz CT molecular complexity index is 691. The van der Waals surface area contributed by atoms with Gasteiger partial charge in [0.1, 0.15) is 0 Å². The lowest BCUT2D eigenvalue weighted by Gasteiger charge is -2.32. The van der Waals surface area contributed by atoms with Gasteiger partial charge in [-0.3, -0.25) is 0 Å². The third-order valence-electron chi connectivity index (χ3n) is 5.09. The number of hydrogen-bond donors (Lipinski definition) is 2. The summed E-state index contributed by atoms with van der Waals surface area (Å²) in [5.41, 5.74) is 1.07. The molecule has 2 N–H and O–H groups in total. The Morgan fingerprint density at radius 2 is 2.03 bits per heavy atom. The number of amides is 1. The summed E-state index contributed by atoms with van der Waals surface area (Å²) in [4.78, 5) is 22.6. The van der Waals surface area contributed by atoms with Crippen molar-refractivity contribution >= 4 is 36.0 Å². The number of carbonyl (C=O) groups is 1. The number of rotatable bonds is 8. The van der Waals surface area contributed by atoms with Gasteiger partial charge in [0.05, 0.1) is 19.8 Å². The summed E-state index contributed by atoms with van der Waals surface area (Å²) < 4.78 is 10.8. The maximum atomic E-state index is 11.8. The smallest absolute Gasteiger partial charge is 0.409 e. The molecule has 30 heavy (non-hydrogen) atoms. The van der Waals surface area contributed by atoms with Gasteiger partial charge in [0, 0.05) is 37.9 Å². The number of hydrogen-bond acceptors (Lipinski definition) is 5. The molecule has 3 rings (SSSR count). The Hall–Kier alpha value is -1.78. The summed E-state index contributed by atoms with van der Waals surface area (Å²) in [6.45, 7) is 7.79. The zero-order valence-corrected chi connectivity index (χ0v) is 20.3. The highest BCUT2D eigenvalue weighted by molar-refractivity contribution is 14.0. The number of aliphatic imine (C=N–C) groups is 1. The van der Waals surface area contributed by atoms with Crippen LogP contribution in [0, 0.1) is 5.92 Å². The molecular weight excluding hydrogens is 497 g/mol. The van der Waals surface area contributed by atoms with Crippen molar-refractivity contribution in [2.45, 2.75) is 52.1 Å². The van der Waals surface area contributed by atoms with Crippen LogP contribution in [0.5, 0.6) is 5.88 Å². The fourth-order valence-electron chi connectivity index (χ4n) is 3.22. The number of piperidine rings is 1. The van der Waals surface area contributed by atoms with Gasteiger partial charge in [-0.15, -0.1) is 24.0 Å². The number of guanidine groups is 1. The molecule has 1 aliphatic heterocycles. The van der Waals surface area contributed by atoms with Gasteiger partial charge in [-0.25, -0.2) is 14.8 Å². The lowest BCUT2D eigenvalue weighted by atomic mass is 10.1. The first-order valence-electron chi connectivity index (χ1n) is 10.7. The van der Waals surface area contributed by atoms with Crippen molar-refractivity contribution in [1.29, 1.82) is 0 Å². The Kier molecular flexibility index (Phi) is 10.5. The van der Waals surface area contributed by atoms with E-state index in [4.69, 9.17) is 14.5 Å². The van der Waals surface area contributed by atoms with Crippen LogP contribution < -0.4 is 15.4 Å². The first kappa shape index (κ1) is 24.5. The number of nitrogens with zero attached hydrogens (tertiary/aromatic N) is 3. The molecular formula is C21H34IN5O3. The van der Waals surface area contributed by atoms with Gasteiger partial charge >= 0.3 is 6.09 Å². The molecule has 1 aromatic heterocycles. The van der Waals surface area contributed by atoms with Crippen molar-refractivity contribution in [2.75, 3.05) is 32.8 Å². The molecule has 168 valence electrons. The number of ether oxygens (including phenoxy) is 2. The van der Waals surface area contributed by atoms with Crippen molar-refractivity contribution in [3.05, 3.63) is 23.9 Å². The SMILES string of the molecule is CCNC(=NCc1ccnc(OCC2CC2)c1)NC1CCN(C(=O)OCC)CC1.I. The minimum Gasteiger partial charge on any atom is -0.477 e. The second-order valence-corrected chi connectivity index (χ2v) is 7.56. The van der Waals surface area contributed by atoms with E-state index in [-0.39, 0.29) is 36.1 Å². The van der Waals surface area contributed by atoms with Crippen LogP contribution in [0.15, 0.2) is 23.3 Å². The number of pyridine rings is 1. The average molecular weight is 531 g/mol. The minimum absolute atomic E-state index is 0. The Labute approximate surface area is 196 Å². The van der Waals surface area contributed by atoms with Crippen LogP contribution in [0.1, 0.15) is 45.1 Å². The van der Waals surface area contributed by atoms with Crippen LogP contribution in [0.3, 0.4) is 0 Å². The molecule has 1 aromatic rings. The number of halogens is 1. The molecule has 0 unspecified atom stereocenters. The summed E-state index contributed by atoms with van der Waals surface area (Å²) in [6.07, 6.45) is 5.83. The topological polar surface area (TPSA) is 88.1 Å². The minimum atomic E-state index is -0.219. The Balaban J connectivity index is 0.00000320. The van der Waals surface area contributed by atoms with E-state index >= 15 is 0 Å². The number of nitrogens with one attached hydrogen (secondary N) is 2. The van der Waals surface area contributed by atoms with Crippen molar-refractivity contribution in [2.24, 2.45) is 10.9 Å². The van der Waals surface area contributed by atoms with Crippen LogP contribution in [0.25, 0.3) is 0 Å². The second kappa shape index (κ2) is 12.8. The summed E-state index contributed by atoms with van der Waals surface area (Å²) in [5, 5.41) is 6.80. The van der Waals surface area contributed by atoms with Gasteiger partial charge in [0.2, 0.25) is 5.88 Å². The predicted octanol–water partition coefficient (Wildman–Crippen LogP) is 3.16. The summed E-state index contributed by atoms with van der Waals surface area (Å²) in [7, 11) is 0. The number of aromatic nitrogens is 1. The first-order chi connectivity index (χ1) is 14.2. The standard InChI is InChI=1S/C21H33N5O3.HI/c1-3-22-20(25-18-8-11-26(12-9-18)21(27)28-4-2)24-14-17-7-10-23-19(13-17)29-15-16-5-6-16;/h7,10,13,16,18H,3-6,8-9,11-12,14-15H2,1-2H3,(H2,22,24,25);1H. The van der Waals surface area contributed by atoms with E-state index in [2.05, 4.69) is 22.5 Å². The average Bonchev–Trinajstić information content (AvgIpc) is 3.56. The Morgan fingerprint density at radius 3 is 2.70 bits per heavy atom. The zero-order valence-electron chi connectivity index (χ0n) is 17.9. The van der Waals surface area contributed by atoms with Gasteiger partial charge < -0.3 is 25.0 Å². The third kappa shape index (κ3) is 8.16. The van der Waals surface area contributed by atoms with Crippen molar-refractivity contribution in [3.8, 4) is 5.88 Å². The van der Waals surface area contributed by atoms with Crippen LogP contribution in [-0.2, 0) is 11.3 Å². The fourth-order valence-corrected chi connectivity index (χ4v) is 3.22. The molecule has 1 amide bonds. The molecule has 2 aliphatic rings. The first-order valence-corrected chi connectivity index (χ1v) is 10.7. The summed E-state index contributed by atoms with van der Waals surface area (Å²) >= 11 is 0. The zero-order chi connectivity index (χ0) is 20.5. The molecule has 1 aliphatic carbocycles. The van der Waals surface area contributed by atoms with Crippen LogP contribution in [0.4, 0.5) is 4.79 Å². The third-order valence-corrected chi connectivity index (χ3v) is 5.09. The van der Waals surface area contributed by atoms with E-state index < -0.39 is 0 Å². The molecule has 2 heterocycles. The molecule has 9 heteroatoms. The highest BCUT2D eigenvalue weighted by Crippen LogP contribution is 2.29. The maximum Gasteiger partial charge on any atom is 0.409 e. The van der Waals surface area contributed by atoms with E-state index in [1.54, 1.807) is 11.1 Å². The van der Waals surface area contributed by atoms with Crippen LogP contribution in [0.2, 0.25) is 0 Å². The molecule has 1 saturated carbocycles. The number of carbonyl (C=O) groups excluding carboxylic acids is 1. The lowest BCUT2D eigenvalue weighted by molar-refractivity contribution is 0.0963. The van der Waals surface area contributed by atoms with Crippen molar-refractivity contribution in [1.82, 2.24) is 20.5 Å². The van der Waals surface area contributed by atoms with Crippen molar-refractivity contribution in [3.63, 3.8) is 0 Å². The highest BCUT2D eigenvalue weighted by Gasteiger charge is 2.24. The van der Waals surface area contributed by atoms with Crippen molar-refractivity contribution < 1.29 is 14.3 Å². The van der Waals surface area contributed by atoms with Gasteiger partial charge in [-0.1, -0.05) is 0 Å². The van der Waals surface area contributed by atoms with E-state index in [1.807, 2.05) is 19.1 Å². The van der Waals surface area contributed by atoms with Crippen LogP contribution >= 0.6 is 24.0 Å². The monoisotopic (exact) mass is 531 g/mol. The van der Waals surface area contributed by atoms with Crippen LogP contribution in [-0.4, -0.2) is 60.8 Å². The second-order valence-electron chi connectivity index (χ2n) is 7.56. The molecule has 2 fully saturated rings. The molecule has 0 bridgehead atoms. The maximum absolute atomic E-state index is 11.8. The summed E-state index contributed by atoms with van der Waals surface area (Å²) in [5.74, 6) is 2.17. The highest BCUT2D eigenvalue weighted by atomic mass is 127.